The molecular formula is C15H8BrN3O6. The Morgan fingerprint density at radius 2 is 1.96 bits per heavy atom. The maximum absolute atomic E-state index is 12.6. The van der Waals surface area contributed by atoms with Crippen LogP contribution < -0.4 is 10.2 Å². The number of hydrogen-bond acceptors (Lipinski definition) is 6. The smallest absolute Gasteiger partial charge is 0.401 e. The van der Waals surface area contributed by atoms with Crippen LogP contribution in [0.5, 0.6) is 0 Å². The van der Waals surface area contributed by atoms with Gasteiger partial charge in [0.1, 0.15) is 16.3 Å². The molecule has 1 aromatic carbocycles. The van der Waals surface area contributed by atoms with E-state index in [2.05, 4.69) is 15.9 Å². The molecule has 2 heterocycles. The highest BCUT2D eigenvalue weighted by Crippen LogP contribution is 2.25. The molecule has 1 N–H and O–H groups in total. The zero-order chi connectivity index (χ0) is 18.1. The molecule has 2 aromatic rings. The van der Waals surface area contributed by atoms with Gasteiger partial charge in [-0.1, -0.05) is 22.0 Å². The minimum absolute atomic E-state index is 0.0614. The quantitative estimate of drug-likeness (QED) is 0.362. The van der Waals surface area contributed by atoms with E-state index in [9.17, 15) is 24.5 Å². The maximum atomic E-state index is 12.6. The summed E-state index contributed by atoms with van der Waals surface area (Å²) in [6.45, 7) is 0. The van der Waals surface area contributed by atoms with Gasteiger partial charge in [0.15, 0.2) is 0 Å². The summed E-state index contributed by atoms with van der Waals surface area (Å²) in [5.74, 6) is -2.38. The second-order valence-electron chi connectivity index (χ2n) is 4.87. The first-order chi connectivity index (χ1) is 11.9. The molecule has 4 amide bonds. The van der Waals surface area contributed by atoms with Gasteiger partial charge in [0.2, 0.25) is 0 Å². The topological polar surface area (TPSA) is 123 Å². The lowest BCUT2D eigenvalue weighted by atomic mass is 10.1. The lowest BCUT2D eigenvalue weighted by Gasteiger charge is -2.26. The summed E-state index contributed by atoms with van der Waals surface area (Å²) in [4.78, 5) is 47.3. The summed E-state index contributed by atoms with van der Waals surface area (Å²) < 4.78 is 5.55. The Morgan fingerprint density at radius 1 is 1.20 bits per heavy atom. The van der Waals surface area contributed by atoms with Gasteiger partial charge >= 0.3 is 11.9 Å². The molecule has 1 saturated heterocycles. The first kappa shape index (κ1) is 16.6. The first-order valence-corrected chi connectivity index (χ1v) is 7.57. The first-order valence-electron chi connectivity index (χ1n) is 6.78. The minimum Gasteiger partial charge on any atom is -0.401 e. The number of rotatable bonds is 3. The number of nitrogens with one attached hydrogen (secondary N) is 1. The maximum Gasteiger partial charge on any atom is 0.433 e. The normalized spacial score (nSPS) is 16.3. The van der Waals surface area contributed by atoms with Crippen LogP contribution in [0.4, 0.5) is 16.4 Å². The number of anilines is 1. The summed E-state index contributed by atoms with van der Waals surface area (Å²) in [7, 11) is 0. The Balaban J connectivity index is 2.00. The van der Waals surface area contributed by atoms with Crippen LogP contribution in [0.1, 0.15) is 5.76 Å². The summed E-state index contributed by atoms with van der Waals surface area (Å²) in [5.41, 5.74) is -0.135. The number of barbiturate groups is 1. The molecule has 0 atom stereocenters. The number of imide groups is 2. The number of carbonyl (C=O) groups excluding carboxylic acids is 3. The van der Waals surface area contributed by atoms with Crippen molar-refractivity contribution in [3.63, 3.8) is 0 Å². The fraction of sp³-hybridized carbons (Fsp3) is 0. The van der Waals surface area contributed by atoms with Gasteiger partial charge in [0.25, 0.3) is 11.8 Å². The molecule has 1 aliphatic heterocycles. The predicted molar refractivity (Wildman–Crippen MR) is 88.5 cm³/mol. The van der Waals surface area contributed by atoms with Gasteiger partial charge in [-0.3, -0.25) is 25.0 Å². The highest BCUT2D eigenvalue weighted by Gasteiger charge is 2.37. The van der Waals surface area contributed by atoms with E-state index in [4.69, 9.17) is 4.42 Å². The van der Waals surface area contributed by atoms with Crippen LogP contribution in [0.15, 0.2) is 50.9 Å². The molecule has 1 aromatic heterocycles. The van der Waals surface area contributed by atoms with Crippen LogP contribution in [-0.4, -0.2) is 22.8 Å². The van der Waals surface area contributed by atoms with E-state index in [0.29, 0.717) is 4.47 Å². The second kappa shape index (κ2) is 6.32. The van der Waals surface area contributed by atoms with E-state index in [1.165, 1.54) is 18.2 Å². The standard InChI is InChI=1S/C15H8BrN3O6/c16-8-2-1-3-9(6-8)18-14(21)11(13(20)17-15(18)22)7-10-4-5-12(25-10)19(23)24/h1-7H,(H,17,20,22). The monoisotopic (exact) mass is 405 g/mol. The molecule has 0 spiro atoms. The Hall–Kier alpha value is -3.27. The third-order valence-electron chi connectivity index (χ3n) is 3.25. The molecule has 0 radical (unpaired) electrons. The molecule has 9 nitrogen and oxygen atoms in total. The van der Waals surface area contributed by atoms with Crippen molar-refractivity contribution < 1.29 is 23.7 Å². The van der Waals surface area contributed by atoms with Crippen molar-refractivity contribution in [2.45, 2.75) is 0 Å². The summed E-state index contributed by atoms with van der Waals surface area (Å²) in [6.07, 6.45) is 1.04. The molecule has 0 unspecified atom stereocenters. The van der Waals surface area contributed by atoms with E-state index >= 15 is 0 Å². The average Bonchev–Trinajstić information content (AvgIpc) is 3.00. The minimum atomic E-state index is -0.916. The SMILES string of the molecule is O=C1NC(=O)N(c2cccc(Br)c2)C(=O)C1=Cc1ccc([N+](=O)[O-])o1. The summed E-state index contributed by atoms with van der Waals surface area (Å²) in [6, 6.07) is 7.82. The zero-order valence-electron chi connectivity index (χ0n) is 12.3. The Labute approximate surface area is 148 Å². The van der Waals surface area contributed by atoms with Gasteiger partial charge in [-0.2, -0.15) is 0 Å². The number of furan rings is 1. The molecule has 0 saturated carbocycles. The van der Waals surface area contributed by atoms with Crippen molar-refractivity contribution in [3.05, 3.63) is 62.3 Å². The van der Waals surface area contributed by atoms with Gasteiger partial charge < -0.3 is 4.42 Å². The fourth-order valence-electron chi connectivity index (χ4n) is 2.17. The largest absolute Gasteiger partial charge is 0.433 e. The molecule has 10 heteroatoms. The van der Waals surface area contributed by atoms with Gasteiger partial charge in [0, 0.05) is 4.47 Å². The van der Waals surface area contributed by atoms with Gasteiger partial charge in [0.05, 0.1) is 11.8 Å². The molecular weight excluding hydrogens is 398 g/mol. The van der Waals surface area contributed by atoms with Crippen molar-refractivity contribution in [2.75, 3.05) is 4.90 Å². The van der Waals surface area contributed by atoms with Gasteiger partial charge in [-0.15, -0.1) is 0 Å². The van der Waals surface area contributed by atoms with Crippen molar-refractivity contribution in [3.8, 4) is 0 Å². The number of halogens is 1. The van der Waals surface area contributed by atoms with E-state index < -0.39 is 28.7 Å². The predicted octanol–water partition coefficient (Wildman–Crippen LogP) is 2.62. The van der Waals surface area contributed by atoms with Crippen LogP contribution in [0, 0.1) is 10.1 Å². The molecule has 3 rings (SSSR count). The number of amides is 4. The second-order valence-corrected chi connectivity index (χ2v) is 5.79. The van der Waals surface area contributed by atoms with Crippen LogP contribution in [0.2, 0.25) is 0 Å². The number of carbonyl (C=O) groups is 3. The molecule has 126 valence electrons. The van der Waals surface area contributed by atoms with Gasteiger partial charge in [-0.05, 0) is 30.3 Å². The molecule has 1 fully saturated rings. The number of urea groups is 1. The van der Waals surface area contributed by atoms with E-state index in [0.717, 1.165) is 17.0 Å². The molecule has 0 bridgehead atoms. The number of hydrogen-bond donors (Lipinski definition) is 1. The van der Waals surface area contributed by atoms with E-state index in [1.54, 1.807) is 12.1 Å². The Bertz CT molecular complexity index is 948. The third-order valence-corrected chi connectivity index (χ3v) is 3.74. The Morgan fingerprint density at radius 3 is 2.60 bits per heavy atom. The molecule has 25 heavy (non-hydrogen) atoms. The highest BCUT2D eigenvalue weighted by molar-refractivity contribution is 9.10. The molecule has 0 aliphatic carbocycles. The van der Waals surface area contributed by atoms with Crippen LogP contribution in [0.3, 0.4) is 0 Å². The van der Waals surface area contributed by atoms with Crippen LogP contribution >= 0.6 is 15.9 Å². The van der Waals surface area contributed by atoms with Crippen molar-refractivity contribution in [2.24, 2.45) is 0 Å². The van der Waals surface area contributed by atoms with Crippen molar-refractivity contribution in [1.29, 1.82) is 0 Å². The summed E-state index contributed by atoms with van der Waals surface area (Å²) in [5, 5.41) is 12.7. The third kappa shape index (κ3) is 3.19. The van der Waals surface area contributed by atoms with E-state index in [-0.39, 0.29) is 17.0 Å². The van der Waals surface area contributed by atoms with Gasteiger partial charge in [-0.25, -0.2) is 9.69 Å². The number of nitrogens with zero attached hydrogens (tertiary/aromatic N) is 2. The highest BCUT2D eigenvalue weighted by atomic mass is 79.9. The lowest BCUT2D eigenvalue weighted by molar-refractivity contribution is -0.402. The Kier molecular flexibility index (Phi) is 4.19. The number of nitro groups is 1. The van der Waals surface area contributed by atoms with Crippen molar-refractivity contribution in [1.82, 2.24) is 5.32 Å². The van der Waals surface area contributed by atoms with E-state index in [1.807, 2.05) is 5.32 Å². The fourth-order valence-corrected chi connectivity index (χ4v) is 2.55. The lowest BCUT2D eigenvalue weighted by Crippen LogP contribution is -2.54. The van der Waals surface area contributed by atoms with Crippen molar-refractivity contribution >= 4 is 51.4 Å². The molecule has 1 aliphatic rings. The average molecular weight is 406 g/mol. The van der Waals surface area contributed by atoms with Crippen LogP contribution in [-0.2, 0) is 9.59 Å². The summed E-state index contributed by atoms with van der Waals surface area (Å²) >= 11 is 3.24. The number of benzene rings is 1. The van der Waals surface area contributed by atoms with Crippen LogP contribution in [0.25, 0.3) is 6.08 Å². The zero-order valence-corrected chi connectivity index (χ0v) is 13.8.